The van der Waals surface area contributed by atoms with Crippen LogP contribution in [0.2, 0.25) is 5.15 Å². The van der Waals surface area contributed by atoms with Gasteiger partial charge in [-0.1, -0.05) is 54.0 Å². The van der Waals surface area contributed by atoms with Crippen LogP contribution in [0.1, 0.15) is 18.4 Å². The SMILES string of the molecule is CCc1nc(-c2cccc(-c3c([O-])[n+](Cc4ccc(Cl)nc4)c4ccccn4c3=O)c2)no1. The van der Waals surface area contributed by atoms with Gasteiger partial charge in [-0.25, -0.2) is 14.3 Å². The van der Waals surface area contributed by atoms with Gasteiger partial charge in [0.25, 0.3) is 5.65 Å². The fraction of sp³-hybridized carbons (Fsp3) is 0.125. The summed E-state index contributed by atoms with van der Waals surface area (Å²) < 4.78 is 8.23. The smallest absolute Gasteiger partial charge is 0.349 e. The number of hydrogen-bond acceptors (Lipinski definition) is 6. The van der Waals surface area contributed by atoms with Crippen LogP contribution < -0.4 is 15.2 Å². The maximum Gasteiger partial charge on any atom is 0.349 e. The molecule has 0 N–H and O–H groups in total. The van der Waals surface area contributed by atoms with Crippen LogP contribution in [0.15, 0.2) is 76.3 Å². The summed E-state index contributed by atoms with van der Waals surface area (Å²) in [6, 6.07) is 15.8. The molecule has 4 heterocycles. The lowest BCUT2D eigenvalue weighted by Gasteiger charge is -2.17. The molecule has 33 heavy (non-hydrogen) atoms. The highest BCUT2D eigenvalue weighted by Crippen LogP contribution is 2.26. The first-order valence-corrected chi connectivity index (χ1v) is 10.7. The maximum atomic E-state index is 13.6. The Morgan fingerprint density at radius 2 is 1.97 bits per heavy atom. The second-order valence-corrected chi connectivity index (χ2v) is 7.82. The Labute approximate surface area is 193 Å². The third-order valence-corrected chi connectivity index (χ3v) is 5.54. The second kappa shape index (κ2) is 8.48. The molecule has 5 rings (SSSR count). The number of aryl methyl sites for hydroxylation is 1. The molecule has 5 aromatic rings. The minimum atomic E-state index is -0.402. The Kier molecular flexibility index (Phi) is 5.35. The number of pyridine rings is 2. The van der Waals surface area contributed by atoms with Gasteiger partial charge in [0, 0.05) is 29.8 Å². The normalized spacial score (nSPS) is 11.2. The van der Waals surface area contributed by atoms with Crippen LogP contribution in [-0.4, -0.2) is 19.5 Å². The molecule has 164 valence electrons. The fourth-order valence-corrected chi connectivity index (χ4v) is 3.80. The van der Waals surface area contributed by atoms with Crippen molar-refractivity contribution in [2.24, 2.45) is 0 Å². The van der Waals surface area contributed by atoms with Crippen LogP contribution in [-0.2, 0) is 13.0 Å². The average Bonchev–Trinajstić information content (AvgIpc) is 3.33. The van der Waals surface area contributed by atoms with Crippen molar-refractivity contribution in [1.29, 1.82) is 0 Å². The molecule has 9 heteroatoms. The molecule has 0 saturated heterocycles. The minimum absolute atomic E-state index is 0.0571. The Hall–Kier alpha value is -4.04. The van der Waals surface area contributed by atoms with Crippen molar-refractivity contribution in [2.75, 3.05) is 0 Å². The molecule has 0 amide bonds. The molecule has 8 nitrogen and oxygen atoms in total. The monoisotopic (exact) mass is 459 g/mol. The van der Waals surface area contributed by atoms with Crippen LogP contribution in [0, 0.1) is 0 Å². The van der Waals surface area contributed by atoms with E-state index in [0.717, 1.165) is 5.56 Å². The van der Waals surface area contributed by atoms with Gasteiger partial charge in [0.1, 0.15) is 17.3 Å². The Balaban J connectivity index is 1.70. The zero-order chi connectivity index (χ0) is 22.9. The van der Waals surface area contributed by atoms with Crippen LogP contribution in [0.25, 0.3) is 28.2 Å². The number of aromatic nitrogens is 5. The average molecular weight is 460 g/mol. The van der Waals surface area contributed by atoms with E-state index in [-0.39, 0.29) is 12.1 Å². The van der Waals surface area contributed by atoms with Gasteiger partial charge in [0.2, 0.25) is 11.7 Å². The van der Waals surface area contributed by atoms with E-state index in [9.17, 15) is 9.90 Å². The van der Waals surface area contributed by atoms with E-state index in [1.807, 2.05) is 13.0 Å². The van der Waals surface area contributed by atoms with E-state index in [2.05, 4.69) is 15.1 Å². The van der Waals surface area contributed by atoms with Gasteiger partial charge in [-0.05, 0) is 23.8 Å². The predicted octanol–water partition coefficient (Wildman–Crippen LogP) is 3.04. The zero-order valence-corrected chi connectivity index (χ0v) is 18.4. The lowest BCUT2D eigenvalue weighted by atomic mass is 10.0. The lowest BCUT2D eigenvalue weighted by molar-refractivity contribution is -0.708. The highest BCUT2D eigenvalue weighted by Gasteiger charge is 2.21. The molecule has 0 radical (unpaired) electrons. The summed E-state index contributed by atoms with van der Waals surface area (Å²) in [6.07, 6.45) is 3.87. The number of hydrogen-bond donors (Lipinski definition) is 0. The van der Waals surface area contributed by atoms with E-state index in [1.165, 1.54) is 4.40 Å². The first-order chi connectivity index (χ1) is 16.0. The first kappa shape index (κ1) is 20.8. The van der Waals surface area contributed by atoms with Gasteiger partial charge in [-0.2, -0.15) is 9.38 Å². The number of nitrogens with zero attached hydrogens (tertiary/aromatic N) is 5. The topological polar surface area (TPSA) is 100 Å². The molecular weight excluding hydrogens is 442 g/mol. The molecule has 4 aromatic heterocycles. The molecular formula is C24H18ClN5O3. The quantitative estimate of drug-likeness (QED) is 0.296. The molecule has 0 aliphatic rings. The van der Waals surface area contributed by atoms with Crippen molar-refractivity contribution in [2.45, 2.75) is 19.9 Å². The van der Waals surface area contributed by atoms with Crippen molar-refractivity contribution in [3.05, 3.63) is 94.0 Å². The maximum absolute atomic E-state index is 13.6. The van der Waals surface area contributed by atoms with Gasteiger partial charge in [-0.15, -0.1) is 0 Å². The van der Waals surface area contributed by atoms with E-state index in [1.54, 1.807) is 65.5 Å². The Morgan fingerprint density at radius 1 is 1.12 bits per heavy atom. The van der Waals surface area contributed by atoms with Crippen molar-refractivity contribution >= 4 is 17.2 Å². The number of rotatable bonds is 5. The van der Waals surface area contributed by atoms with Crippen molar-refractivity contribution < 1.29 is 14.2 Å². The predicted molar refractivity (Wildman–Crippen MR) is 120 cm³/mol. The highest BCUT2D eigenvalue weighted by molar-refractivity contribution is 6.29. The summed E-state index contributed by atoms with van der Waals surface area (Å²) in [5.74, 6) is 0.517. The summed E-state index contributed by atoms with van der Waals surface area (Å²) in [5.41, 5.74) is 2.05. The van der Waals surface area contributed by atoms with Crippen molar-refractivity contribution in [3.8, 4) is 28.4 Å². The lowest BCUT2D eigenvalue weighted by Crippen LogP contribution is -2.44. The first-order valence-electron chi connectivity index (χ1n) is 10.3. The largest absolute Gasteiger partial charge is 0.842 e. The summed E-state index contributed by atoms with van der Waals surface area (Å²) in [5, 5.41) is 18.0. The van der Waals surface area contributed by atoms with Crippen LogP contribution in [0.4, 0.5) is 0 Å². The van der Waals surface area contributed by atoms with Crippen LogP contribution in [0.5, 0.6) is 5.88 Å². The molecule has 0 bridgehead atoms. The van der Waals surface area contributed by atoms with E-state index in [0.29, 0.717) is 40.1 Å². The van der Waals surface area contributed by atoms with Crippen molar-refractivity contribution in [1.82, 2.24) is 19.5 Å². The number of halogens is 1. The van der Waals surface area contributed by atoms with Gasteiger partial charge in [-0.3, -0.25) is 0 Å². The summed E-state index contributed by atoms with van der Waals surface area (Å²) in [4.78, 5) is 21.8. The molecule has 0 atom stereocenters. The summed E-state index contributed by atoms with van der Waals surface area (Å²) in [6.45, 7) is 2.15. The summed E-state index contributed by atoms with van der Waals surface area (Å²) in [7, 11) is 0. The highest BCUT2D eigenvalue weighted by atomic mass is 35.5. The number of benzene rings is 1. The molecule has 0 fully saturated rings. The molecule has 0 aliphatic carbocycles. The third kappa shape index (κ3) is 3.85. The minimum Gasteiger partial charge on any atom is -0.842 e. The number of fused-ring (bicyclic) bond motifs is 1. The van der Waals surface area contributed by atoms with Crippen molar-refractivity contribution in [3.63, 3.8) is 0 Å². The fourth-order valence-electron chi connectivity index (χ4n) is 3.69. The molecule has 0 aliphatic heterocycles. The standard InChI is InChI=1S/C24H18ClN5O3/c1-2-19-27-22(28-33-19)17-7-5-6-16(12-17)21-23(31)29-11-4-3-8-20(29)30(24(21)32)14-15-9-10-18(25)26-13-15/h3-13H,2,14H2,1H3. The molecule has 1 aromatic carbocycles. The molecule has 0 spiro atoms. The molecule has 0 unspecified atom stereocenters. The second-order valence-electron chi connectivity index (χ2n) is 7.44. The van der Waals surface area contributed by atoms with E-state index < -0.39 is 11.4 Å². The van der Waals surface area contributed by atoms with E-state index >= 15 is 0 Å². The molecule has 0 saturated carbocycles. The van der Waals surface area contributed by atoms with Gasteiger partial charge in [0.15, 0.2) is 0 Å². The summed E-state index contributed by atoms with van der Waals surface area (Å²) >= 11 is 5.90. The zero-order valence-electron chi connectivity index (χ0n) is 17.6. The van der Waals surface area contributed by atoms with Crippen LogP contribution >= 0.6 is 11.6 Å². The van der Waals surface area contributed by atoms with E-state index in [4.69, 9.17) is 16.1 Å². The Bertz CT molecular complexity index is 1530. The van der Waals surface area contributed by atoms with Gasteiger partial charge < -0.3 is 9.63 Å². The Morgan fingerprint density at radius 3 is 2.73 bits per heavy atom. The third-order valence-electron chi connectivity index (χ3n) is 5.32. The van der Waals surface area contributed by atoms with Gasteiger partial charge >= 0.3 is 5.56 Å². The van der Waals surface area contributed by atoms with Gasteiger partial charge in [0.05, 0.1) is 12.1 Å². The van der Waals surface area contributed by atoms with Crippen LogP contribution in [0.3, 0.4) is 0 Å².